The van der Waals surface area contributed by atoms with Gasteiger partial charge in [0.2, 0.25) is 5.91 Å². The summed E-state index contributed by atoms with van der Waals surface area (Å²) in [5.41, 5.74) is 1.83. The van der Waals surface area contributed by atoms with Gasteiger partial charge in [0.25, 0.3) is 0 Å². The summed E-state index contributed by atoms with van der Waals surface area (Å²) in [6, 6.07) is 6.90. The first kappa shape index (κ1) is 20.0. The molecule has 0 saturated carbocycles. The van der Waals surface area contributed by atoms with Crippen molar-refractivity contribution in [1.29, 1.82) is 0 Å². The summed E-state index contributed by atoms with van der Waals surface area (Å²) in [5.74, 6) is -0.106. The SMILES string of the molecule is CCN1CCN(c2cccc(NC(=O)NC(C)C(=O)N(C)CC)c2)CC1. The second kappa shape index (κ2) is 9.43. The Bertz CT molecular complexity index is 614. The van der Waals surface area contributed by atoms with Gasteiger partial charge in [-0.05, 0) is 38.6 Å². The van der Waals surface area contributed by atoms with Gasteiger partial charge in [-0.3, -0.25) is 4.79 Å². The highest BCUT2D eigenvalue weighted by Crippen LogP contribution is 2.21. The summed E-state index contributed by atoms with van der Waals surface area (Å²) in [4.78, 5) is 30.6. The van der Waals surface area contributed by atoms with Crippen molar-refractivity contribution in [2.24, 2.45) is 0 Å². The molecule has 1 aromatic carbocycles. The van der Waals surface area contributed by atoms with Crippen molar-refractivity contribution in [3.63, 3.8) is 0 Å². The lowest BCUT2D eigenvalue weighted by Crippen LogP contribution is -2.47. The van der Waals surface area contributed by atoms with Crippen LogP contribution in [0.1, 0.15) is 20.8 Å². The average Bonchev–Trinajstić information content (AvgIpc) is 2.66. The number of rotatable bonds is 6. The standard InChI is InChI=1S/C19H31N5O2/c1-5-22(4)18(25)15(3)20-19(26)21-16-8-7-9-17(14-16)24-12-10-23(6-2)11-13-24/h7-9,14-15H,5-6,10-13H2,1-4H3,(H2,20,21,26). The molecule has 144 valence electrons. The maximum absolute atomic E-state index is 12.2. The number of urea groups is 1. The molecule has 0 aromatic heterocycles. The molecule has 1 aliphatic heterocycles. The minimum atomic E-state index is -0.565. The van der Waals surface area contributed by atoms with E-state index in [-0.39, 0.29) is 11.9 Å². The second-order valence-corrected chi connectivity index (χ2v) is 6.64. The van der Waals surface area contributed by atoms with Gasteiger partial charge in [0.05, 0.1) is 0 Å². The minimum absolute atomic E-state index is 0.106. The zero-order chi connectivity index (χ0) is 19.1. The van der Waals surface area contributed by atoms with Gasteiger partial charge < -0.3 is 25.3 Å². The van der Waals surface area contributed by atoms with Crippen LogP contribution in [0.5, 0.6) is 0 Å². The van der Waals surface area contributed by atoms with E-state index in [1.165, 1.54) is 0 Å². The number of carbonyl (C=O) groups is 2. The second-order valence-electron chi connectivity index (χ2n) is 6.64. The molecule has 1 aromatic rings. The summed E-state index contributed by atoms with van der Waals surface area (Å²) in [7, 11) is 1.72. The fourth-order valence-electron chi connectivity index (χ4n) is 3.01. The molecule has 1 unspecified atom stereocenters. The molecule has 1 atom stereocenters. The predicted molar refractivity (Wildman–Crippen MR) is 106 cm³/mol. The Morgan fingerprint density at radius 1 is 1.19 bits per heavy atom. The van der Waals surface area contributed by atoms with Crippen molar-refractivity contribution in [3.8, 4) is 0 Å². The summed E-state index contributed by atoms with van der Waals surface area (Å²) in [6.07, 6.45) is 0. The Morgan fingerprint density at radius 3 is 2.50 bits per heavy atom. The first-order valence-corrected chi connectivity index (χ1v) is 9.34. The molecule has 1 fully saturated rings. The van der Waals surface area contributed by atoms with Crippen molar-refractivity contribution in [2.45, 2.75) is 26.8 Å². The molecular formula is C19H31N5O2. The van der Waals surface area contributed by atoms with Crippen molar-refractivity contribution >= 4 is 23.3 Å². The van der Waals surface area contributed by atoms with E-state index in [0.29, 0.717) is 6.54 Å². The molecule has 0 bridgehead atoms. The molecule has 1 aliphatic rings. The van der Waals surface area contributed by atoms with E-state index in [1.807, 2.05) is 25.1 Å². The Hall–Kier alpha value is -2.28. The molecule has 2 rings (SSSR count). The van der Waals surface area contributed by atoms with Crippen LogP contribution >= 0.6 is 0 Å². The normalized spacial score (nSPS) is 16.1. The number of hydrogen-bond donors (Lipinski definition) is 2. The largest absolute Gasteiger partial charge is 0.369 e. The number of amides is 3. The van der Waals surface area contributed by atoms with Crippen molar-refractivity contribution in [3.05, 3.63) is 24.3 Å². The fraction of sp³-hybridized carbons (Fsp3) is 0.579. The molecule has 2 N–H and O–H groups in total. The summed E-state index contributed by atoms with van der Waals surface area (Å²) < 4.78 is 0. The van der Waals surface area contributed by atoms with Crippen LogP contribution in [-0.4, -0.2) is 74.1 Å². The van der Waals surface area contributed by atoms with Gasteiger partial charge in [-0.1, -0.05) is 13.0 Å². The zero-order valence-corrected chi connectivity index (χ0v) is 16.3. The van der Waals surface area contributed by atoms with Crippen LogP contribution < -0.4 is 15.5 Å². The molecule has 1 heterocycles. The van der Waals surface area contributed by atoms with Crippen LogP contribution in [0.25, 0.3) is 0 Å². The third-order valence-corrected chi connectivity index (χ3v) is 4.86. The van der Waals surface area contributed by atoms with Crippen molar-refractivity contribution in [2.75, 3.05) is 56.5 Å². The average molecular weight is 361 g/mol. The van der Waals surface area contributed by atoms with Gasteiger partial charge in [-0.2, -0.15) is 0 Å². The maximum atomic E-state index is 12.2. The van der Waals surface area contributed by atoms with Crippen LogP contribution in [0.3, 0.4) is 0 Å². The van der Waals surface area contributed by atoms with Crippen molar-refractivity contribution in [1.82, 2.24) is 15.1 Å². The third kappa shape index (κ3) is 5.36. The number of likely N-dealkylation sites (N-methyl/N-ethyl adjacent to an activating group) is 2. The van der Waals surface area contributed by atoms with E-state index in [1.54, 1.807) is 18.9 Å². The maximum Gasteiger partial charge on any atom is 0.319 e. The molecule has 26 heavy (non-hydrogen) atoms. The fourth-order valence-corrected chi connectivity index (χ4v) is 3.01. The van der Waals surface area contributed by atoms with Gasteiger partial charge in [-0.15, -0.1) is 0 Å². The van der Waals surface area contributed by atoms with Crippen LogP contribution in [0.15, 0.2) is 24.3 Å². The number of nitrogens with zero attached hydrogens (tertiary/aromatic N) is 3. The molecule has 7 heteroatoms. The highest BCUT2D eigenvalue weighted by Gasteiger charge is 2.19. The minimum Gasteiger partial charge on any atom is -0.369 e. The van der Waals surface area contributed by atoms with Crippen LogP contribution in [0.2, 0.25) is 0 Å². The van der Waals surface area contributed by atoms with Gasteiger partial charge in [-0.25, -0.2) is 4.79 Å². The first-order chi connectivity index (χ1) is 12.4. The molecule has 0 radical (unpaired) electrons. The third-order valence-electron chi connectivity index (χ3n) is 4.86. The van der Waals surface area contributed by atoms with E-state index in [0.717, 1.165) is 44.1 Å². The quantitative estimate of drug-likeness (QED) is 0.811. The number of piperazine rings is 1. The summed E-state index contributed by atoms with van der Waals surface area (Å²) in [5, 5.41) is 5.52. The molecular weight excluding hydrogens is 330 g/mol. The van der Waals surface area contributed by atoms with E-state index in [2.05, 4.69) is 33.4 Å². The highest BCUT2D eigenvalue weighted by atomic mass is 16.2. The highest BCUT2D eigenvalue weighted by molar-refractivity contribution is 5.93. The van der Waals surface area contributed by atoms with Crippen LogP contribution in [0, 0.1) is 0 Å². The topological polar surface area (TPSA) is 67.9 Å². The lowest BCUT2D eigenvalue weighted by molar-refractivity contribution is -0.131. The van der Waals surface area contributed by atoms with Crippen molar-refractivity contribution < 1.29 is 9.59 Å². The Morgan fingerprint density at radius 2 is 1.88 bits per heavy atom. The lowest BCUT2D eigenvalue weighted by Gasteiger charge is -2.35. The molecule has 0 spiro atoms. The van der Waals surface area contributed by atoms with Crippen LogP contribution in [-0.2, 0) is 4.79 Å². The van der Waals surface area contributed by atoms with Gasteiger partial charge >= 0.3 is 6.03 Å². The Labute approximate surface area is 156 Å². The number of benzene rings is 1. The Balaban J connectivity index is 1.92. The molecule has 3 amide bonds. The number of carbonyl (C=O) groups excluding carboxylic acids is 2. The van der Waals surface area contributed by atoms with Gasteiger partial charge in [0, 0.05) is 51.1 Å². The van der Waals surface area contributed by atoms with E-state index >= 15 is 0 Å². The molecule has 1 saturated heterocycles. The molecule has 7 nitrogen and oxygen atoms in total. The zero-order valence-electron chi connectivity index (χ0n) is 16.3. The predicted octanol–water partition coefficient (Wildman–Crippen LogP) is 1.82. The van der Waals surface area contributed by atoms with Crippen LogP contribution in [0.4, 0.5) is 16.2 Å². The van der Waals surface area contributed by atoms with E-state index in [9.17, 15) is 9.59 Å². The Kier molecular flexibility index (Phi) is 7.26. The lowest BCUT2D eigenvalue weighted by atomic mass is 10.2. The number of anilines is 2. The van der Waals surface area contributed by atoms with E-state index < -0.39 is 6.04 Å². The number of hydrogen-bond acceptors (Lipinski definition) is 4. The van der Waals surface area contributed by atoms with Gasteiger partial charge in [0.1, 0.15) is 6.04 Å². The monoisotopic (exact) mass is 361 g/mol. The smallest absolute Gasteiger partial charge is 0.319 e. The molecule has 0 aliphatic carbocycles. The summed E-state index contributed by atoms with van der Waals surface area (Å²) in [6.45, 7) is 11.5. The van der Waals surface area contributed by atoms with E-state index in [4.69, 9.17) is 0 Å². The first-order valence-electron chi connectivity index (χ1n) is 9.34. The number of nitrogens with one attached hydrogen (secondary N) is 2. The summed E-state index contributed by atoms with van der Waals surface area (Å²) >= 11 is 0. The van der Waals surface area contributed by atoms with Gasteiger partial charge in [0.15, 0.2) is 0 Å².